The fourth-order valence-electron chi connectivity index (χ4n) is 2.70. The molecule has 1 N–H and O–H groups in total. The Kier molecular flexibility index (Phi) is 5.30. The minimum Gasteiger partial charge on any atom is -0.486 e. The fraction of sp³-hybridized carbons (Fsp3) is 0.143. The van der Waals surface area contributed by atoms with Gasteiger partial charge in [0.2, 0.25) is 6.10 Å². The topological polar surface area (TPSA) is 69.7 Å². The highest BCUT2D eigenvalue weighted by Crippen LogP contribution is 2.32. The van der Waals surface area contributed by atoms with Crippen LogP contribution in [-0.4, -0.2) is 23.6 Å². The Hall–Kier alpha value is -3.25. The summed E-state index contributed by atoms with van der Waals surface area (Å²) in [7, 11) is 0. The van der Waals surface area contributed by atoms with Gasteiger partial charge in [0.1, 0.15) is 19.0 Å². The summed E-state index contributed by atoms with van der Waals surface area (Å²) in [6.45, 7) is 0.445. The molecule has 1 unspecified atom stereocenters. The zero-order valence-electron chi connectivity index (χ0n) is 14.8. The number of rotatable bonds is 5. The van der Waals surface area contributed by atoms with Gasteiger partial charge in [-0.15, -0.1) is 0 Å². The van der Waals surface area contributed by atoms with E-state index in [-0.39, 0.29) is 12.5 Å². The van der Waals surface area contributed by atoms with Gasteiger partial charge in [-0.25, -0.2) is 0 Å². The van der Waals surface area contributed by atoms with E-state index < -0.39 is 6.10 Å². The van der Waals surface area contributed by atoms with Crippen LogP contribution in [0.3, 0.4) is 0 Å². The van der Waals surface area contributed by atoms with E-state index in [9.17, 15) is 4.79 Å². The van der Waals surface area contributed by atoms with Gasteiger partial charge in [0.25, 0.3) is 5.91 Å². The molecule has 4 rings (SSSR count). The van der Waals surface area contributed by atoms with Crippen LogP contribution < -0.4 is 19.5 Å². The molecule has 1 atom stereocenters. The van der Waals surface area contributed by atoms with E-state index in [4.69, 9.17) is 25.8 Å². The lowest BCUT2D eigenvalue weighted by atomic mass is 10.2. The van der Waals surface area contributed by atoms with Crippen LogP contribution in [-0.2, 0) is 11.4 Å². The number of carbonyl (C=O) groups excluding carboxylic acids is 1. The van der Waals surface area contributed by atoms with Crippen LogP contribution >= 0.6 is 11.6 Å². The van der Waals surface area contributed by atoms with Crippen LogP contribution in [0.25, 0.3) is 0 Å². The van der Waals surface area contributed by atoms with Crippen molar-refractivity contribution in [3.63, 3.8) is 0 Å². The predicted octanol–water partition coefficient (Wildman–Crippen LogP) is 4.09. The van der Waals surface area contributed by atoms with Crippen molar-refractivity contribution in [2.75, 3.05) is 11.9 Å². The van der Waals surface area contributed by atoms with Gasteiger partial charge in [-0.05, 0) is 42.5 Å². The molecule has 1 aromatic heterocycles. The van der Waals surface area contributed by atoms with E-state index in [2.05, 4.69) is 10.3 Å². The van der Waals surface area contributed by atoms with Crippen LogP contribution in [0.1, 0.15) is 5.69 Å². The number of hydrogen-bond acceptors (Lipinski definition) is 5. The summed E-state index contributed by atoms with van der Waals surface area (Å²) < 4.78 is 17.0. The third-order valence-corrected chi connectivity index (χ3v) is 4.40. The average molecular weight is 397 g/mol. The molecule has 142 valence electrons. The minimum atomic E-state index is -0.742. The summed E-state index contributed by atoms with van der Waals surface area (Å²) in [6.07, 6.45) is 0.961. The average Bonchev–Trinajstić information content (AvgIpc) is 2.73. The maximum Gasteiger partial charge on any atom is 0.269 e. The van der Waals surface area contributed by atoms with Gasteiger partial charge in [0.05, 0.1) is 10.7 Å². The zero-order valence-corrected chi connectivity index (χ0v) is 15.6. The van der Waals surface area contributed by atoms with Crippen molar-refractivity contribution in [1.82, 2.24) is 4.98 Å². The number of fused-ring (bicyclic) bond motifs is 1. The fourth-order valence-corrected chi connectivity index (χ4v) is 2.94. The van der Waals surface area contributed by atoms with E-state index >= 15 is 0 Å². The highest BCUT2D eigenvalue weighted by Gasteiger charge is 2.27. The van der Waals surface area contributed by atoms with Gasteiger partial charge in [-0.2, -0.15) is 0 Å². The van der Waals surface area contributed by atoms with Crippen molar-refractivity contribution in [3.8, 4) is 17.2 Å². The summed E-state index contributed by atoms with van der Waals surface area (Å²) >= 11 is 6.28. The number of halogens is 1. The maximum atomic E-state index is 12.5. The Bertz CT molecular complexity index is 981. The molecule has 1 amide bonds. The molecule has 0 radical (unpaired) electrons. The van der Waals surface area contributed by atoms with Gasteiger partial charge >= 0.3 is 0 Å². The number of benzene rings is 2. The Balaban J connectivity index is 1.37. The van der Waals surface area contributed by atoms with Crippen molar-refractivity contribution in [2.24, 2.45) is 0 Å². The lowest BCUT2D eigenvalue weighted by Crippen LogP contribution is -2.40. The summed E-state index contributed by atoms with van der Waals surface area (Å²) in [6, 6.07) is 17.9. The summed E-state index contributed by atoms with van der Waals surface area (Å²) in [4.78, 5) is 16.7. The number of aromatic nitrogens is 1. The lowest BCUT2D eigenvalue weighted by molar-refractivity contribution is -0.125. The monoisotopic (exact) mass is 396 g/mol. The van der Waals surface area contributed by atoms with Gasteiger partial charge < -0.3 is 19.5 Å². The normalized spacial score (nSPS) is 15.0. The molecule has 6 nitrogen and oxygen atoms in total. The first-order valence-corrected chi connectivity index (χ1v) is 9.08. The molecule has 1 aliphatic rings. The molecule has 0 fully saturated rings. The van der Waals surface area contributed by atoms with Crippen LogP contribution in [0.2, 0.25) is 5.02 Å². The number of carbonyl (C=O) groups is 1. The number of anilines is 1. The summed E-state index contributed by atoms with van der Waals surface area (Å²) in [5, 5.41) is 3.18. The van der Waals surface area contributed by atoms with E-state index in [0.29, 0.717) is 34.6 Å². The number of pyridine rings is 1. The lowest BCUT2D eigenvalue weighted by Gasteiger charge is -2.25. The van der Waals surface area contributed by atoms with E-state index in [1.54, 1.807) is 36.5 Å². The SMILES string of the molecule is O=C(Nc1ccc(OCc2ccccn2)c(Cl)c1)C1COc2ccccc2O1. The second-order valence-corrected chi connectivity index (χ2v) is 6.52. The number of amides is 1. The standard InChI is InChI=1S/C21H17ClN2O4/c22-16-11-14(8-9-17(16)26-12-15-5-3-4-10-23-15)24-21(25)20-13-27-18-6-1-2-7-19(18)28-20/h1-11,20H,12-13H2,(H,24,25). The van der Waals surface area contributed by atoms with Crippen LogP contribution in [0.5, 0.6) is 17.2 Å². The van der Waals surface area contributed by atoms with Crippen molar-refractivity contribution >= 4 is 23.2 Å². The molecule has 1 aliphatic heterocycles. The highest BCUT2D eigenvalue weighted by molar-refractivity contribution is 6.32. The largest absolute Gasteiger partial charge is 0.486 e. The van der Waals surface area contributed by atoms with Crippen molar-refractivity contribution in [2.45, 2.75) is 12.7 Å². The van der Waals surface area contributed by atoms with Crippen molar-refractivity contribution < 1.29 is 19.0 Å². The second kappa shape index (κ2) is 8.19. The molecule has 0 bridgehead atoms. The highest BCUT2D eigenvalue weighted by atomic mass is 35.5. The molecule has 3 aromatic rings. The molecular formula is C21H17ClN2O4. The Morgan fingerprint density at radius 1 is 1.14 bits per heavy atom. The molecule has 0 aliphatic carbocycles. The van der Waals surface area contributed by atoms with Crippen molar-refractivity contribution in [3.05, 3.63) is 77.6 Å². The quantitative estimate of drug-likeness (QED) is 0.703. The summed E-state index contributed by atoms with van der Waals surface area (Å²) in [5.74, 6) is 1.37. The van der Waals surface area contributed by atoms with Gasteiger partial charge in [-0.3, -0.25) is 9.78 Å². The third kappa shape index (κ3) is 4.18. The zero-order chi connectivity index (χ0) is 19.3. The number of para-hydroxylation sites is 2. The van der Waals surface area contributed by atoms with Crippen LogP contribution in [0.15, 0.2) is 66.9 Å². The minimum absolute atomic E-state index is 0.141. The molecule has 7 heteroatoms. The first-order valence-electron chi connectivity index (χ1n) is 8.70. The van der Waals surface area contributed by atoms with Crippen LogP contribution in [0, 0.1) is 0 Å². The molecule has 28 heavy (non-hydrogen) atoms. The van der Waals surface area contributed by atoms with Crippen LogP contribution in [0.4, 0.5) is 5.69 Å². The predicted molar refractivity (Wildman–Crippen MR) is 105 cm³/mol. The van der Waals surface area contributed by atoms with E-state index in [1.165, 1.54) is 0 Å². The Morgan fingerprint density at radius 2 is 1.96 bits per heavy atom. The number of ether oxygens (including phenoxy) is 3. The Morgan fingerprint density at radius 3 is 2.75 bits per heavy atom. The first kappa shape index (κ1) is 18.1. The maximum absolute atomic E-state index is 12.5. The number of hydrogen-bond donors (Lipinski definition) is 1. The van der Waals surface area contributed by atoms with Crippen molar-refractivity contribution in [1.29, 1.82) is 0 Å². The van der Waals surface area contributed by atoms with Gasteiger partial charge in [0.15, 0.2) is 11.5 Å². The van der Waals surface area contributed by atoms with Gasteiger partial charge in [0, 0.05) is 11.9 Å². The van der Waals surface area contributed by atoms with E-state index in [0.717, 1.165) is 5.69 Å². The molecular weight excluding hydrogens is 380 g/mol. The first-order chi connectivity index (χ1) is 13.7. The Labute approximate surface area is 167 Å². The summed E-state index contributed by atoms with van der Waals surface area (Å²) in [5.41, 5.74) is 1.34. The molecule has 0 saturated carbocycles. The second-order valence-electron chi connectivity index (χ2n) is 6.11. The number of nitrogens with zero attached hydrogens (tertiary/aromatic N) is 1. The van der Waals surface area contributed by atoms with Gasteiger partial charge in [-0.1, -0.05) is 29.8 Å². The van der Waals surface area contributed by atoms with E-state index in [1.807, 2.05) is 30.3 Å². The molecule has 2 heterocycles. The molecule has 2 aromatic carbocycles. The smallest absolute Gasteiger partial charge is 0.269 e. The number of nitrogens with one attached hydrogen (secondary N) is 1. The third-order valence-electron chi connectivity index (χ3n) is 4.10. The molecule has 0 saturated heterocycles. The molecule has 0 spiro atoms.